The monoisotopic (exact) mass is 578 g/mol. The molecule has 0 saturated heterocycles. The Morgan fingerprint density at radius 2 is 0.643 bits per heavy atom. The Balaban J connectivity index is -0.00000000600. The summed E-state index contributed by atoms with van der Waals surface area (Å²) in [7, 11) is 0. The van der Waals surface area contributed by atoms with Crippen LogP contribution in [0.15, 0.2) is 0 Å². The van der Waals surface area contributed by atoms with Crippen LogP contribution in [0.4, 0.5) is 0 Å². The molecular weight excluding hydrogens is 570 g/mol. The Morgan fingerprint density at radius 3 is 0.643 bits per heavy atom. The first kappa shape index (κ1) is 68.7. The van der Waals surface area contributed by atoms with E-state index in [1.165, 1.54) is 0 Å². The van der Waals surface area contributed by atoms with Crippen molar-refractivity contribution in [1.29, 1.82) is 0 Å². The molecule has 12 nitrogen and oxygen atoms in total. The molecule has 8 N–H and O–H groups in total. The van der Waals surface area contributed by atoms with Crippen molar-refractivity contribution >= 4 is 0 Å². The SMILES string of the molecule is O=[N+]([O-])[O-].O=[N+]([O-])[O-].[NH2-].[NH2-].[NH2-].[NH2-].[Pt+2].[Pt+4]. The first-order chi connectivity index (χ1) is 3.46. The van der Waals surface area contributed by atoms with Gasteiger partial charge in [0.1, 0.15) is 0 Å². The van der Waals surface area contributed by atoms with Gasteiger partial charge in [0.2, 0.25) is 0 Å². The van der Waals surface area contributed by atoms with E-state index >= 15 is 0 Å². The van der Waals surface area contributed by atoms with Crippen LogP contribution >= 0.6 is 0 Å². The van der Waals surface area contributed by atoms with Gasteiger partial charge >= 0.3 is 42.1 Å². The van der Waals surface area contributed by atoms with Crippen molar-refractivity contribution < 1.29 is 52.3 Å². The maximum atomic E-state index is 8.25. The van der Waals surface area contributed by atoms with Crippen LogP contribution in [0.1, 0.15) is 0 Å². The summed E-state index contributed by atoms with van der Waals surface area (Å²) >= 11 is 0. The summed E-state index contributed by atoms with van der Waals surface area (Å²) in [5.74, 6) is 0. The third-order valence-electron chi connectivity index (χ3n) is 0. The first-order valence-electron chi connectivity index (χ1n) is 1.10. The van der Waals surface area contributed by atoms with Crippen LogP contribution in [0.2, 0.25) is 0 Å². The summed E-state index contributed by atoms with van der Waals surface area (Å²) in [6, 6.07) is 0. The molecule has 0 radical (unpaired) electrons. The molecule has 0 heterocycles. The summed E-state index contributed by atoms with van der Waals surface area (Å²) in [6.45, 7) is 0. The Hall–Kier alpha value is -0.383. The second-order valence-electron chi connectivity index (χ2n) is 0.447. The molecule has 0 rings (SSSR count). The molecule has 0 aromatic rings. The molecule has 0 fully saturated rings. The van der Waals surface area contributed by atoms with E-state index in [2.05, 4.69) is 0 Å². The van der Waals surface area contributed by atoms with Crippen molar-refractivity contribution in [2.75, 3.05) is 0 Å². The zero-order valence-corrected chi connectivity index (χ0v) is 10.8. The quantitative estimate of drug-likeness (QED) is 0.307. The van der Waals surface area contributed by atoms with Gasteiger partial charge in [-0.05, 0) is 0 Å². The molecule has 0 saturated carbocycles. The molecular formula is H8N6O6Pt2. The minimum absolute atomic E-state index is 0. The topological polar surface area (TPSA) is 266 Å². The van der Waals surface area contributed by atoms with Crippen molar-refractivity contribution in [1.82, 2.24) is 0 Å². The Kier molecular flexibility index (Phi) is 265. The minimum Gasteiger partial charge on any atom is -0.693 e. The average molecular weight is 578 g/mol. The summed E-state index contributed by atoms with van der Waals surface area (Å²) in [5, 5.41) is 29.5. The molecule has 0 atom stereocenters. The van der Waals surface area contributed by atoms with Gasteiger partial charge in [0, 0.05) is 0 Å². The number of hydrogen-bond acceptors (Lipinski definition) is 6. The van der Waals surface area contributed by atoms with Crippen LogP contribution in [0, 0.1) is 30.6 Å². The van der Waals surface area contributed by atoms with Crippen molar-refractivity contribution in [3.05, 3.63) is 55.2 Å². The Labute approximate surface area is 108 Å². The normalized spacial score (nSPS) is 3.43. The van der Waals surface area contributed by atoms with Gasteiger partial charge in [0.05, 0.1) is 10.2 Å². The minimum atomic E-state index is -1.75. The molecule has 0 aromatic carbocycles. The first-order valence-corrected chi connectivity index (χ1v) is 1.10. The van der Waals surface area contributed by atoms with Crippen molar-refractivity contribution in [3.63, 3.8) is 0 Å². The van der Waals surface area contributed by atoms with Crippen LogP contribution in [0.25, 0.3) is 24.6 Å². The molecule has 0 spiro atoms. The molecule has 14 heteroatoms. The molecule has 0 aliphatic carbocycles. The van der Waals surface area contributed by atoms with E-state index in [9.17, 15) is 0 Å². The number of nitrogens with two attached hydrogens (primary N) is 4. The average Bonchev–Trinajstić information content (AvgIpc) is 1.25. The molecule has 0 aliphatic rings. The Morgan fingerprint density at radius 1 is 0.643 bits per heavy atom. The summed E-state index contributed by atoms with van der Waals surface area (Å²) in [4.78, 5) is 16.5. The number of nitrogens with zero attached hydrogens (tertiary/aromatic N) is 2. The fraction of sp³-hybridized carbons (Fsp3) is 0. The van der Waals surface area contributed by atoms with Gasteiger partial charge < -0.3 is 55.2 Å². The standard InChI is InChI=1S/2NO3.4H2N.2Pt/c2*2-1(3)4;;;;;;/h;;4*1H2;;/q6*-1;+2;+4. The smallest absolute Gasteiger partial charge is 0.693 e. The van der Waals surface area contributed by atoms with Crippen LogP contribution in [-0.2, 0) is 42.1 Å². The third-order valence-corrected chi connectivity index (χ3v) is 0. The van der Waals surface area contributed by atoms with Crippen LogP contribution in [-0.4, -0.2) is 10.2 Å². The number of hydrogen-bond donors (Lipinski definition) is 0. The van der Waals surface area contributed by atoms with Gasteiger partial charge in [-0.1, -0.05) is 0 Å². The van der Waals surface area contributed by atoms with Gasteiger partial charge in [0.15, 0.2) is 0 Å². The number of rotatable bonds is 0. The van der Waals surface area contributed by atoms with Crippen molar-refractivity contribution in [3.8, 4) is 0 Å². The van der Waals surface area contributed by atoms with Gasteiger partial charge in [-0.25, -0.2) is 0 Å². The van der Waals surface area contributed by atoms with E-state index in [1.54, 1.807) is 0 Å². The van der Waals surface area contributed by atoms with Gasteiger partial charge in [-0.2, -0.15) is 0 Å². The Bertz CT molecular complexity index is 78.3. The largest absolute Gasteiger partial charge is 4.00 e. The van der Waals surface area contributed by atoms with Crippen LogP contribution in [0.3, 0.4) is 0 Å². The molecule has 94 valence electrons. The second-order valence-corrected chi connectivity index (χ2v) is 0.447. The van der Waals surface area contributed by atoms with Crippen LogP contribution < -0.4 is 0 Å². The summed E-state index contributed by atoms with van der Waals surface area (Å²) < 4.78 is 0. The van der Waals surface area contributed by atoms with Crippen molar-refractivity contribution in [2.24, 2.45) is 0 Å². The third kappa shape index (κ3) is 8910. The molecule has 0 aliphatic heterocycles. The predicted molar refractivity (Wildman–Crippen MR) is 41.9 cm³/mol. The molecule has 14 heavy (non-hydrogen) atoms. The summed E-state index contributed by atoms with van der Waals surface area (Å²) in [5.41, 5.74) is 0. The van der Waals surface area contributed by atoms with Gasteiger partial charge in [-0.3, -0.25) is 0 Å². The molecule has 0 bridgehead atoms. The van der Waals surface area contributed by atoms with E-state index in [4.69, 9.17) is 30.6 Å². The van der Waals surface area contributed by atoms with E-state index in [-0.39, 0.29) is 66.7 Å². The molecule has 0 aromatic heterocycles. The van der Waals surface area contributed by atoms with Crippen LogP contribution in [0.5, 0.6) is 0 Å². The predicted octanol–water partition coefficient (Wildman–Crippen LogP) is 2.39. The molecule has 0 unspecified atom stereocenters. The zero-order chi connectivity index (χ0) is 7.15. The summed E-state index contributed by atoms with van der Waals surface area (Å²) in [6.07, 6.45) is 0. The second kappa shape index (κ2) is 54.0. The van der Waals surface area contributed by atoms with Gasteiger partial charge in [0.25, 0.3) is 0 Å². The maximum Gasteiger partial charge on any atom is 4.00 e. The fourth-order valence-electron chi connectivity index (χ4n) is 0. The van der Waals surface area contributed by atoms with Gasteiger partial charge in [-0.15, -0.1) is 0 Å². The van der Waals surface area contributed by atoms with E-state index in [1.807, 2.05) is 0 Å². The maximum absolute atomic E-state index is 8.25. The van der Waals surface area contributed by atoms with E-state index in [0.717, 1.165) is 0 Å². The van der Waals surface area contributed by atoms with E-state index in [0.29, 0.717) is 0 Å². The zero-order valence-electron chi connectivity index (χ0n) is 6.29. The molecule has 0 amide bonds. The van der Waals surface area contributed by atoms with Crippen molar-refractivity contribution in [2.45, 2.75) is 0 Å². The van der Waals surface area contributed by atoms with E-state index < -0.39 is 10.2 Å². The fourth-order valence-corrected chi connectivity index (χ4v) is 0.